The summed E-state index contributed by atoms with van der Waals surface area (Å²) in [7, 11) is 1.34. The fraction of sp³-hybridized carbons (Fsp3) is 0.286. The average molecular weight is 245 g/mol. The van der Waals surface area contributed by atoms with Crippen LogP contribution in [-0.4, -0.2) is 29.9 Å². The smallest absolute Gasteiger partial charge is 0.328 e. The largest absolute Gasteiger partial charge is 0.467 e. The van der Waals surface area contributed by atoms with Gasteiger partial charge < -0.3 is 9.64 Å². The molecule has 1 heterocycles. The molecule has 0 radical (unpaired) electrons. The van der Waals surface area contributed by atoms with Crippen LogP contribution in [0.5, 0.6) is 0 Å². The molecule has 0 aliphatic carbocycles. The summed E-state index contributed by atoms with van der Waals surface area (Å²) in [6, 6.07) is 8.40. The maximum Gasteiger partial charge on any atom is 0.328 e. The van der Waals surface area contributed by atoms with Crippen molar-refractivity contribution >= 4 is 11.9 Å². The fourth-order valence-corrected chi connectivity index (χ4v) is 1.99. The topological polar surface area (TPSA) is 46.6 Å². The molecule has 0 bridgehead atoms. The van der Waals surface area contributed by atoms with Crippen LogP contribution in [0.4, 0.5) is 0 Å². The lowest BCUT2D eigenvalue weighted by Crippen LogP contribution is -2.43. The van der Waals surface area contributed by atoms with Crippen molar-refractivity contribution in [3.05, 3.63) is 48.2 Å². The Morgan fingerprint density at radius 1 is 1.28 bits per heavy atom. The minimum absolute atomic E-state index is 0.179. The van der Waals surface area contributed by atoms with Gasteiger partial charge in [0.15, 0.2) is 0 Å². The molecule has 0 saturated carbocycles. The number of amides is 1. The van der Waals surface area contributed by atoms with Crippen LogP contribution in [-0.2, 0) is 9.53 Å². The first-order valence-electron chi connectivity index (χ1n) is 5.86. The summed E-state index contributed by atoms with van der Waals surface area (Å²) < 4.78 is 4.74. The molecule has 4 heteroatoms. The molecule has 1 aliphatic rings. The van der Waals surface area contributed by atoms with Crippen LogP contribution in [0, 0.1) is 0 Å². The predicted octanol–water partition coefficient (Wildman–Crippen LogP) is 1.98. The average Bonchev–Trinajstić information content (AvgIpc) is 2.46. The summed E-state index contributed by atoms with van der Waals surface area (Å²) >= 11 is 0. The molecule has 1 aliphatic heterocycles. The van der Waals surface area contributed by atoms with Crippen molar-refractivity contribution in [1.82, 2.24) is 4.90 Å². The molecule has 1 aromatic rings. The van der Waals surface area contributed by atoms with Crippen LogP contribution >= 0.6 is 0 Å². The van der Waals surface area contributed by atoms with E-state index in [0.29, 0.717) is 12.0 Å². The SMILES string of the molecule is COC(=O)C1CCC=CN1C(=O)c1ccccc1. The Balaban J connectivity index is 2.24. The van der Waals surface area contributed by atoms with Gasteiger partial charge in [-0.25, -0.2) is 4.79 Å². The van der Waals surface area contributed by atoms with Crippen LogP contribution < -0.4 is 0 Å². The highest BCUT2D eigenvalue weighted by Crippen LogP contribution is 2.19. The third-order valence-electron chi connectivity index (χ3n) is 2.94. The van der Waals surface area contributed by atoms with Crippen LogP contribution in [0.15, 0.2) is 42.6 Å². The highest BCUT2D eigenvalue weighted by Gasteiger charge is 2.31. The minimum atomic E-state index is -0.521. The van der Waals surface area contributed by atoms with Gasteiger partial charge in [0.2, 0.25) is 0 Å². The van der Waals surface area contributed by atoms with Crippen molar-refractivity contribution in [3.8, 4) is 0 Å². The van der Waals surface area contributed by atoms with E-state index in [4.69, 9.17) is 4.74 Å². The molecule has 0 saturated heterocycles. The second-order valence-corrected chi connectivity index (χ2v) is 4.08. The molecule has 0 N–H and O–H groups in total. The van der Waals surface area contributed by atoms with E-state index < -0.39 is 6.04 Å². The second kappa shape index (κ2) is 5.49. The number of methoxy groups -OCH3 is 1. The van der Waals surface area contributed by atoms with Gasteiger partial charge in [0.25, 0.3) is 5.91 Å². The number of benzene rings is 1. The third-order valence-corrected chi connectivity index (χ3v) is 2.94. The number of ether oxygens (including phenoxy) is 1. The van der Waals surface area contributed by atoms with Crippen LogP contribution in [0.3, 0.4) is 0 Å². The van der Waals surface area contributed by atoms with Gasteiger partial charge in [-0.15, -0.1) is 0 Å². The minimum Gasteiger partial charge on any atom is -0.467 e. The Morgan fingerprint density at radius 3 is 2.67 bits per heavy atom. The van der Waals surface area contributed by atoms with E-state index in [1.54, 1.807) is 30.5 Å². The van der Waals surface area contributed by atoms with Gasteiger partial charge >= 0.3 is 5.97 Å². The van der Waals surface area contributed by atoms with E-state index in [-0.39, 0.29) is 11.9 Å². The zero-order chi connectivity index (χ0) is 13.0. The van der Waals surface area contributed by atoms with Gasteiger partial charge in [0.05, 0.1) is 7.11 Å². The number of rotatable bonds is 2. The number of esters is 1. The zero-order valence-electron chi connectivity index (χ0n) is 10.2. The van der Waals surface area contributed by atoms with Gasteiger partial charge in [-0.3, -0.25) is 4.79 Å². The molecule has 94 valence electrons. The maximum absolute atomic E-state index is 12.3. The van der Waals surface area contributed by atoms with Gasteiger partial charge in [0, 0.05) is 11.8 Å². The Hall–Kier alpha value is -2.10. The summed E-state index contributed by atoms with van der Waals surface area (Å²) in [6.07, 6.45) is 4.93. The van der Waals surface area contributed by atoms with Crippen molar-refractivity contribution in [2.45, 2.75) is 18.9 Å². The van der Waals surface area contributed by atoms with E-state index in [2.05, 4.69) is 0 Å². The summed E-state index contributed by atoms with van der Waals surface area (Å²) in [6.45, 7) is 0. The summed E-state index contributed by atoms with van der Waals surface area (Å²) in [5, 5.41) is 0. The molecular weight excluding hydrogens is 230 g/mol. The molecule has 1 aromatic carbocycles. The van der Waals surface area contributed by atoms with E-state index in [0.717, 1.165) is 6.42 Å². The first-order valence-corrected chi connectivity index (χ1v) is 5.86. The molecule has 1 unspecified atom stereocenters. The van der Waals surface area contributed by atoms with Gasteiger partial charge in [0.1, 0.15) is 6.04 Å². The first kappa shape index (κ1) is 12.4. The lowest BCUT2D eigenvalue weighted by Gasteiger charge is -2.29. The normalized spacial score (nSPS) is 18.5. The Kier molecular flexibility index (Phi) is 3.77. The third kappa shape index (κ3) is 2.42. The highest BCUT2D eigenvalue weighted by molar-refractivity contribution is 5.97. The Labute approximate surface area is 106 Å². The van der Waals surface area contributed by atoms with Crippen LogP contribution in [0.1, 0.15) is 23.2 Å². The molecular formula is C14H15NO3. The lowest BCUT2D eigenvalue weighted by atomic mass is 10.0. The van der Waals surface area contributed by atoms with Crippen molar-refractivity contribution in [2.75, 3.05) is 7.11 Å². The molecule has 0 fully saturated rings. The molecule has 1 amide bonds. The van der Waals surface area contributed by atoms with Crippen molar-refractivity contribution in [2.24, 2.45) is 0 Å². The molecule has 1 atom stereocenters. The summed E-state index contributed by atoms with van der Waals surface area (Å²) in [5.41, 5.74) is 0.568. The van der Waals surface area contributed by atoms with Crippen molar-refractivity contribution in [1.29, 1.82) is 0 Å². The van der Waals surface area contributed by atoms with E-state index >= 15 is 0 Å². The predicted molar refractivity (Wildman–Crippen MR) is 66.8 cm³/mol. The van der Waals surface area contributed by atoms with E-state index in [1.807, 2.05) is 12.1 Å². The second-order valence-electron chi connectivity index (χ2n) is 4.08. The number of carbonyl (C=O) groups excluding carboxylic acids is 2. The standard InChI is InChI=1S/C14H15NO3/c1-18-14(17)12-9-5-6-10-15(12)13(16)11-7-3-2-4-8-11/h2-4,6-8,10,12H,5,9H2,1H3. The van der Waals surface area contributed by atoms with E-state index in [1.165, 1.54) is 12.0 Å². The fourth-order valence-electron chi connectivity index (χ4n) is 1.99. The maximum atomic E-state index is 12.3. The van der Waals surface area contributed by atoms with Gasteiger partial charge in [-0.05, 0) is 25.0 Å². The molecule has 4 nitrogen and oxygen atoms in total. The Morgan fingerprint density at radius 2 is 2.00 bits per heavy atom. The summed E-state index contributed by atoms with van der Waals surface area (Å²) in [5.74, 6) is -0.550. The quantitative estimate of drug-likeness (QED) is 0.748. The number of hydrogen-bond donors (Lipinski definition) is 0. The van der Waals surface area contributed by atoms with Crippen molar-refractivity contribution < 1.29 is 14.3 Å². The van der Waals surface area contributed by atoms with Gasteiger partial charge in [-0.2, -0.15) is 0 Å². The van der Waals surface area contributed by atoms with Crippen LogP contribution in [0.2, 0.25) is 0 Å². The zero-order valence-corrected chi connectivity index (χ0v) is 10.2. The molecule has 0 spiro atoms. The molecule has 2 rings (SSSR count). The van der Waals surface area contributed by atoms with Gasteiger partial charge in [-0.1, -0.05) is 24.3 Å². The monoisotopic (exact) mass is 245 g/mol. The highest BCUT2D eigenvalue weighted by atomic mass is 16.5. The lowest BCUT2D eigenvalue weighted by molar-refractivity contribution is -0.145. The Bertz CT molecular complexity index is 467. The number of nitrogens with zero attached hydrogens (tertiary/aromatic N) is 1. The van der Waals surface area contributed by atoms with Crippen molar-refractivity contribution in [3.63, 3.8) is 0 Å². The number of allylic oxidation sites excluding steroid dienone is 1. The van der Waals surface area contributed by atoms with E-state index in [9.17, 15) is 9.59 Å². The van der Waals surface area contributed by atoms with Crippen LogP contribution in [0.25, 0.3) is 0 Å². The first-order chi connectivity index (χ1) is 8.74. The molecule has 18 heavy (non-hydrogen) atoms. The number of hydrogen-bond acceptors (Lipinski definition) is 3. The molecule has 0 aromatic heterocycles. The number of carbonyl (C=O) groups is 2. The summed E-state index contributed by atoms with van der Waals surface area (Å²) in [4.78, 5) is 25.4.